The van der Waals surface area contributed by atoms with Crippen molar-refractivity contribution in [1.29, 1.82) is 0 Å². The summed E-state index contributed by atoms with van der Waals surface area (Å²) < 4.78 is 27.0. The first kappa shape index (κ1) is 13.0. The fraction of sp³-hybridized carbons (Fsp3) is 0.467. The van der Waals surface area contributed by atoms with Gasteiger partial charge in [-0.25, -0.2) is 4.39 Å². The zero-order chi connectivity index (χ0) is 13.7. The maximum Gasteiger partial charge on any atom is 0.149 e. The molecule has 1 N–H and O–H groups in total. The van der Waals surface area contributed by atoms with Crippen LogP contribution in [0.15, 0.2) is 22.6 Å². The number of rotatable bonds is 0. The molecule has 1 aromatic heterocycles. The molecule has 2 atom stereocenters. The fourth-order valence-corrected chi connectivity index (χ4v) is 3.86. The SMILES string of the molecule is FC1COCCC12NCCc1c2oc2cc(I)ccc12. The standard InChI is InChI=1S/C15H15FINO2/c16-13-8-19-6-4-15(13)14-11(3-5-18-15)10-2-1-9(17)7-12(10)20-14/h1-2,7,13,18H,3-6,8H2. The van der Waals surface area contributed by atoms with E-state index >= 15 is 0 Å². The molecule has 2 aliphatic heterocycles. The Morgan fingerprint density at radius 1 is 1.40 bits per heavy atom. The third kappa shape index (κ3) is 1.76. The minimum absolute atomic E-state index is 0.140. The van der Waals surface area contributed by atoms with E-state index in [1.807, 2.05) is 6.07 Å². The van der Waals surface area contributed by atoms with Crippen molar-refractivity contribution in [2.24, 2.45) is 0 Å². The molecule has 2 aliphatic rings. The van der Waals surface area contributed by atoms with Crippen molar-refractivity contribution < 1.29 is 13.5 Å². The molecule has 1 saturated heterocycles. The average Bonchev–Trinajstić information content (AvgIpc) is 2.81. The van der Waals surface area contributed by atoms with E-state index in [9.17, 15) is 4.39 Å². The highest BCUT2D eigenvalue weighted by Gasteiger charge is 2.49. The van der Waals surface area contributed by atoms with Gasteiger partial charge in [0.25, 0.3) is 0 Å². The Bertz CT molecular complexity index is 671. The van der Waals surface area contributed by atoms with Gasteiger partial charge in [-0.05, 0) is 53.6 Å². The molecular formula is C15H15FINO2. The predicted octanol–water partition coefficient (Wildman–Crippen LogP) is 3.14. The summed E-state index contributed by atoms with van der Waals surface area (Å²) in [7, 11) is 0. The van der Waals surface area contributed by atoms with Crippen LogP contribution in [0.4, 0.5) is 4.39 Å². The van der Waals surface area contributed by atoms with Gasteiger partial charge in [0.05, 0.1) is 6.61 Å². The number of furan rings is 1. The number of fused-ring (bicyclic) bond motifs is 4. The van der Waals surface area contributed by atoms with Gasteiger partial charge in [-0.15, -0.1) is 0 Å². The lowest BCUT2D eigenvalue weighted by Gasteiger charge is -2.42. The van der Waals surface area contributed by atoms with Crippen LogP contribution in [0, 0.1) is 3.57 Å². The maximum atomic E-state index is 14.6. The highest BCUT2D eigenvalue weighted by atomic mass is 127. The number of nitrogens with one attached hydrogen (secondary N) is 1. The summed E-state index contributed by atoms with van der Waals surface area (Å²) in [5, 5.41) is 4.49. The van der Waals surface area contributed by atoms with E-state index < -0.39 is 11.7 Å². The third-order valence-corrected chi connectivity index (χ3v) is 5.09. The minimum Gasteiger partial charge on any atom is -0.459 e. The number of ether oxygens (including phenoxy) is 1. The molecule has 3 nitrogen and oxygen atoms in total. The summed E-state index contributed by atoms with van der Waals surface area (Å²) in [6.07, 6.45) is 0.450. The first-order valence-corrected chi connectivity index (χ1v) is 7.97. The number of halogens is 2. The van der Waals surface area contributed by atoms with Gasteiger partial charge in [0.2, 0.25) is 0 Å². The van der Waals surface area contributed by atoms with Gasteiger partial charge in [-0.2, -0.15) is 0 Å². The average molecular weight is 387 g/mol. The molecule has 0 aliphatic carbocycles. The quantitative estimate of drug-likeness (QED) is 0.706. The Kier molecular flexibility index (Phi) is 3.05. The summed E-state index contributed by atoms with van der Waals surface area (Å²) in [6, 6.07) is 6.18. The molecule has 4 rings (SSSR count). The van der Waals surface area contributed by atoms with Crippen LogP contribution in [0.25, 0.3) is 11.0 Å². The Morgan fingerprint density at radius 2 is 2.30 bits per heavy atom. The second-order valence-corrected chi connectivity index (χ2v) is 6.74. The first-order valence-electron chi connectivity index (χ1n) is 6.89. The van der Waals surface area contributed by atoms with E-state index in [0.717, 1.165) is 33.3 Å². The molecule has 0 amide bonds. The molecule has 1 spiro atoms. The molecule has 5 heteroatoms. The molecule has 0 saturated carbocycles. The molecule has 2 unspecified atom stereocenters. The lowest BCUT2D eigenvalue weighted by atomic mass is 9.80. The molecule has 3 heterocycles. The maximum absolute atomic E-state index is 14.6. The number of hydrogen-bond donors (Lipinski definition) is 1. The molecular weight excluding hydrogens is 372 g/mol. The molecule has 1 fully saturated rings. The molecule has 0 bridgehead atoms. The summed E-state index contributed by atoms with van der Waals surface area (Å²) >= 11 is 2.27. The zero-order valence-corrected chi connectivity index (χ0v) is 13.1. The van der Waals surface area contributed by atoms with E-state index in [1.54, 1.807) is 0 Å². The second kappa shape index (κ2) is 4.68. The largest absolute Gasteiger partial charge is 0.459 e. The molecule has 0 radical (unpaired) electrons. The third-order valence-electron chi connectivity index (χ3n) is 4.42. The van der Waals surface area contributed by atoms with Crippen LogP contribution in [0.1, 0.15) is 17.7 Å². The summed E-state index contributed by atoms with van der Waals surface area (Å²) in [6.45, 7) is 1.50. The van der Waals surface area contributed by atoms with Gasteiger partial charge in [0.1, 0.15) is 23.1 Å². The van der Waals surface area contributed by atoms with Gasteiger partial charge in [-0.1, -0.05) is 0 Å². The van der Waals surface area contributed by atoms with E-state index in [1.165, 1.54) is 5.56 Å². The Morgan fingerprint density at radius 3 is 3.15 bits per heavy atom. The topological polar surface area (TPSA) is 34.4 Å². The summed E-state index contributed by atoms with van der Waals surface area (Å²) in [5.41, 5.74) is 1.33. The number of benzene rings is 1. The van der Waals surface area contributed by atoms with Crippen LogP contribution in [0.2, 0.25) is 0 Å². The van der Waals surface area contributed by atoms with Crippen LogP contribution in [0.3, 0.4) is 0 Å². The Balaban J connectivity index is 1.94. The fourth-order valence-electron chi connectivity index (χ4n) is 3.40. The predicted molar refractivity (Wildman–Crippen MR) is 82.6 cm³/mol. The molecule has 20 heavy (non-hydrogen) atoms. The van der Waals surface area contributed by atoms with E-state index in [4.69, 9.17) is 9.15 Å². The minimum atomic E-state index is -1.06. The van der Waals surface area contributed by atoms with Crippen LogP contribution in [0.5, 0.6) is 0 Å². The zero-order valence-electron chi connectivity index (χ0n) is 10.9. The molecule has 106 valence electrons. The van der Waals surface area contributed by atoms with Gasteiger partial charge >= 0.3 is 0 Å². The smallest absolute Gasteiger partial charge is 0.149 e. The van der Waals surface area contributed by atoms with Crippen LogP contribution in [-0.4, -0.2) is 25.9 Å². The monoisotopic (exact) mass is 387 g/mol. The first-order chi connectivity index (χ1) is 9.71. The van der Waals surface area contributed by atoms with Crippen molar-refractivity contribution in [3.05, 3.63) is 33.1 Å². The van der Waals surface area contributed by atoms with Gasteiger partial charge < -0.3 is 14.5 Å². The number of hydrogen-bond acceptors (Lipinski definition) is 3. The van der Waals surface area contributed by atoms with E-state index in [-0.39, 0.29) is 6.61 Å². The van der Waals surface area contributed by atoms with Gasteiger partial charge in [0, 0.05) is 27.7 Å². The Labute approximate surface area is 130 Å². The van der Waals surface area contributed by atoms with Crippen molar-refractivity contribution in [2.45, 2.75) is 24.6 Å². The van der Waals surface area contributed by atoms with Crippen molar-refractivity contribution in [1.82, 2.24) is 5.32 Å². The van der Waals surface area contributed by atoms with Gasteiger partial charge in [-0.3, -0.25) is 0 Å². The van der Waals surface area contributed by atoms with Gasteiger partial charge in [0.15, 0.2) is 0 Å². The lowest BCUT2D eigenvalue weighted by Crippen LogP contribution is -2.57. The summed E-state index contributed by atoms with van der Waals surface area (Å²) in [4.78, 5) is 0. The lowest BCUT2D eigenvalue weighted by molar-refractivity contribution is -0.0438. The normalized spacial score (nSPS) is 29.8. The van der Waals surface area contributed by atoms with Crippen molar-refractivity contribution >= 4 is 33.6 Å². The van der Waals surface area contributed by atoms with Crippen LogP contribution >= 0.6 is 22.6 Å². The second-order valence-electron chi connectivity index (χ2n) is 5.49. The van der Waals surface area contributed by atoms with Crippen LogP contribution < -0.4 is 5.32 Å². The molecule has 2 aromatic rings. The van der Waals surface area contributed by atoms with Crippen molar-refractivity contribution in [2.75, 3.05) is 19.8 Å². The van der Waals surface area contributed by atoms with E-state index in [0.29, 0.717) is 13.0 Å². The van der Waals surface area contributed by atoms with Crippen LogP contribution in [-0.2, 0) is 16.7 Å². The Hall–Kier alpha value is -0.660. The summed E-state index contributed by atoms with van der Waals surface area (Å²) in [5.74, 6) is 0.788. The van der Waals surface area contributed by atoms with Crippen molar-refractivity contribution in [3.63, 3.8) is 0 Å². The highest BCUT2D eigenvalue weighted by molar-refractivity contribution is 14.1. The van der Waals surface area contributed by atoms with E-state index in [2.05, 4.69) is 40.0 Å². The number of alkyl halides is 1. The molecule has 1 aromatic carbocycles. The highest BCUT2D eigenvalue weighted by Crippen LogP contribution is 2.43. The van der Waals surface area contributed by atoms with Crippen molar-refractivity contribution in [3.8, 4) is 0 Å².